The number of hydrogen-bond acceptors (Lipinski definition) is 1. The smallest absolute Gasteiger partial charge is 0.0457 e. The maximum Gasteiger partial charge on any atom is 0.0457 e. The largest absolute Gasteiger partial charge is 0.359 e. The average molecular weight is 201 g/mol. The second kappa shape index (κ2) is 5.40. The van der Waals surface area contributed by atoms with Crippen molar-refractivity contribution in [3.8, 4) is 0 Å². The highest BCUT2D eigenvalue weighted by Crippen LogP contribution is 2.26. The molecule has 0 fully saturated rings. The third-order valence-electron chi connectivity index (χ3n) is 2.21. The lowest BCUT2D eigenvalue weighted by Gasteiger charge is -2.13. The van der Waals surface area contributed by atoms with Crippen LogP contribution in [0.2, 0.25) is 0 Å². The van der Waals surface area contributed by atoms with Crippen LogP contribution in [0.4, 0.5) is 5.69 Å². The molecule has 0 radical (unpaired) electrons. The van der Waals surface area contributed by atoms with Crippen molar-refractivity contribution in [1.82, 2.24) is 0 Å². The van der Waals surface area contributed by atoms with Crippen molar-refractivity contribution in [2.24, 2.45) is 0 Å². The molecular weight excluding hydrogens is 182 g/mol. The number of para-hydroxylation sites is 1. The summed E-state index contributed by atoms with van der Waals surface area (Å²) in [7, 11) is 0. The summed E-state index contributed by atoms with van der Waals surface area (Å²) in [6, 6.07) is 8.22. The number of benzene rings is 1. The Kier molecular flexibility index (Phi) is 4.17. The third-order valence-corrected chi connectivity index (χ3v) is 2.21. The SMILES string of the molecule is C=C(C)Nc1ccccc1C(=C)CCC. The van der Waals surface area contributed by atoms with E-state index in [1.54, 1.807) is 0 Å². The van der Waals surface area contributed by atoms with Crippen LogP contribution in [0.15, 0.2) is 43.1 Å². The first-order chi connectivity index (χ1) is 7.15. The van der Waals surface area contributed by atoms with E-state index in [-0.39, 0.29) is 0 Å². The lowest BCUT2D eigenvalue weighted by atomic mass is 10.0. The van der Waals surface area contributed by atoms with Crippen molar-refractivity contribution in [2.75, 3.05) is 5.32 Å². The topological polar surface area (TPSA) is 12.0 Å². The van der Waals surface area contributed by atoms with Crippen LogP contribution in [0.25, 0.3) is 5.57 Å². The molecule has 0 aliphatic carbocycles. The number of hydrogen-bond donors (Lipinski definition) is 1. The van der Waals surface area contributed by atoms with Crippen LogP contribution < -0.4 is 5.32 Å². The lowest BCUT2D eigenvalue weighted by molar-refractivity contribution is 0.975. The van der Waals surface area contributed by atoms with E-state index in [9.17, 15) is 0 Å². The summed E-state index contributed by atoms with van der Waals surface area (Å²) in [6.45, 7) is 12.1. The molecule has 0 bridgehead atoms. The Bertz CT molecular complexity index is 363. The minimum atomic E-state index is 0.951. The molecule has 0 saturated carbocycles. The molecule has 0 aliphatic heterocycles. The molecule has 1 aromatic rings. The van der Waals surface area contributed by atoms with Gasteiger partial charge in [0.15, 0.2) is 0 Å². The summed E-state index contributed by atoms with van der Waals surface area (Å²) < 4.78 is 0. The molecule has 1 nitrogen and oxygen atoms in total. The summed E-state index contributed by atoms with van der Waals surface area (Å²) in [5, 5.41) is 3.26. The molecule has 1 aromatic carbocycles. The van der Waals surface area contributed by atoms with Crippen LogP contribution in [0.3, 0.4) is 0 Å². The van der Waals surface area contributed by atoms with Gasteiger partial charge < -0.3 is 5.32 Å². The van der Waals surface area contributed by atoms with Crippen molar-refractivity contribution < 1.29 is 0 Å². The van der Waals surface area contributed by atoms with E-state index >= 15 is 0 Å². The molecule has 0 unspecified atom stereocenters. The quantitative estimate of drug-likeness (QED) is 0.742. The van der Waals surface area contributed by atoms with Crippen molar-refractivity contribution >= 4 is 11.3 Å². The first-order valence-corrected chi connectivity index (χ1v) is 5.35. The standard InChI is InChI=1S/C14H19N/c1-5-8-12(4)13-9-6-7-10-14(13)15-11(2)3/h6-7,9-10,15H,2,4-5,8H2,1,3H3. The molecular formula is C14H19N. The maximum absolute atomic E-state index is 4.11. The Morgan fingerprint density at radius 2 is 1.93 bits per heavy atom. The Morgan fingerprint density at radius 3 is 2.53 bits per heavy atom. The molecule has 0 spiro atoms. The van der Waals surface area contributed by atoms with E-state index in [2.05, 4.69) is 37.5 Å². The van der Waals surface area contributed by atoms with Crippen LogP contribution in [0, 0.1) is 0 Å². The fourth-order valence-electron chi connectivity index (χ4n) is 1.57. The predicted octanol–water partition coefficient (Wildman–Crippen LogP) is 4.45. The van der Waals surface area contributed by atoms with Gasteiger partial charge in [-0.3, -0.25) is 0 Å². The molecule has 0 atom stereocenters. The lowest BCUT2D eigenvalue weighted by Crippen LogP contribution is -1.97. The Labute approximate surface area is 92.5 Å². The second-order valence-electron chi connectivity index (χ2n) is 3.80. The zero-order chi connectivity index (χ0) is 11.3. The fourth-order valence-corrected chi connectivity index (χ4v) is 1.57. The van der Waals surface area contributed by atoms with E-state index in [1.165, 1.54) is 11.1 Å². The number of anilines is 1. The first kappa shape index (κ1) is 11.6. The second-order valence-corrected chi connectivity index (χ2v) is 3.80. The van der Waals surface area contributed by atoms with E-state index in [1.807, 2.05) is 19.1 Å². The summed E-state index contributed by atoms with van der Waals surface area (Å²) >= 11 is 0. The van der Waals surface area contributed by atoms with Gasteiger partial charge in [-0.1, -0.05) is 44.7 Å². The zero-order valence-electron chi connectivity index (χ0n) is 9.64. The van der Waals surface area contributed by atoms with Crippen molar-refractivity contribution in [2.45, 2.75) is 26.7 Å². The Balaban J connectivity index is 2.95. The molecule has 0 amide bonds. The summed E-state index contributed by atoms with van der Waals surface area (Å²) in [5.41, 5.74) is 4.43. The molecule has 0 aliphatic rings. The van der Waals surface area contributed by atoms with Crippen LogP contribution >= 0.6 is 0 Å². The Hall–Kier alpha value is -1.50. The third kappa shape index (κ3) is 3.28. The van der Waals surface area contributed by atoms with Gasteiger partial charge >= 0.3 is 0 Å². The maximum atomic E-state index is 4.11. The van der Waals surface area contributed by atoms with Gasteiger partial charge in [0.1, 0.15) is 0 Å². The van der Waals surface area contributed by atoms with Gasteiger partial charge in [0.05, 0.1) is 0 Å². The summed E-state index contributed by atoms with van der Waals surface area (Å²) in [6.07, 6.45) is 2.16. The van der Waals surface area contributed by atoms with Gasteiger partial charge in [-0.2, -0.15) is 0 Å². The van der Waals surface area contributed by atoms with Crippen molar-refractivity contribution in [1.29, 1.82) is 0 Å². The van der Waals surface area contributed by atoms with E-state index in [0.29, 0.717) is 0 Å². The summed E-state index contributed by atoms with van der Waals surface area (Å²) in [4.78, 5) is 0. The summed E-state index contributed by atoms with van der Waals surface area (Å²) in [5.74, 6) is 0. The van der Waals surface area contributed by atoms with Crippen LogP contribution in [-0.2, 0) is 0 Å². The molecule has 1 rings (SSSR count). The molecule has 80 valence electrons. The van der Waals surface area contributed by atoms with Gasteiger partial charge in [-0.15, -0.1) is 0 Å². The first-order valence-electron chi connectivity index (χ1n) is 5.35. The average Bonchev–Trinajstić information content (AvgIpc) is 2.18. The highest BCUT2D eigenvalue weighted by atomic mass is 14.9. The fraction of sp³-hybridized carbons (Fsp3) is 0.286. The number of rotatable bonds is 5. The monoisotopic (exact) mass is 201 g/mol. The Morgan fingerprint density at radius 1 is 1.27 bits per heavy atom. The molecule has 0 heterocycles. The minimum absolute atomic E-state index is 0.951. The van der Waals surface area contributed by atoms with Crippen LogP contribution in [0.1, 0.15) is 32.3 Å². The normalized spacial score (nSPS) is 9.73. The highest BCUT2D eigenvalue weighted by Gasteiger charge is 2.03. The molecule has 1 heteroatoms. The zero-order valence-corrected chi connectivity index (χ0v) is 9.64. The molecule has 15 heavy (non-hydrogen) atoms. The van der Waals surface area contributed by atoms with Gasteiger partial charge in [0.25, 0.3) is 0 Å². The molecule has 0 aromatic heterocycles. The van der Waals surface area contributed by atoms with Gasteiger partial charge in [0.2, 0.25) is 0 Å². The van der Waals surface area contributed by atoms with Crippen LogP contribution in [-0.4, -0.2) is 0 Å². The van der Waals surface area contributed by atoms with Gasteiger partial charge in [0, 0.05) is 16.9 Å². The van der Waals surface area contributed by atoms with Crippen LogP contribution in [0.5, 0.6) is 0 Å². The molecule has 1 N–H and O–H groups in total. The predicted molar refractivity (Wildman–Crippen MR) is 68.8 cm³/mol. The van der Waals surface area contributed by atoms with E-state index in [0.717, 1.165) is 24.2 Å². The van der Waals surface area contributed by atoms with Gasteiger partial charge in [-0.25, -0.2) is 0 Å². The van der Waals surface area contributed by atoms with Crippen molar-refractivity contribution in [3.63, 3.8) is 0 Å². The molecule has 0 saturated heterocycles. The van der Waals surface area contributed by atoms with E-state index < -0.39 is 0 Å². The van der Waals surface area contributed by atoms with Gasteiger partial charge in [-0.05, 0) is 25.0 Å². The number of allylic oxidation sites excluding steroid dienone is 2. The highest BCUT2D eigenvalue weighted by molar-refractivity contribution is 5.75. The van der Waals surface area contributed by atoms with E-state index in [4.69, 9.17) is 0 Å². The minimum Gasteiger partial charge on any atom is -0.359 e. The number of nitrogens with one attached hydrogen (secondary N) is 1. The van der Waals surface area contributed by atoms with Crippen molar-refractivity contribution in [3.05, 3.63) is 48.7 Å².